The van der Waals surface area contributed by atoms with Gasteiger partial charge in [0, 0.05) is 5.92 Å². The highest BCUT2D eigenvalue weighted by Crippen LogP contribution is 2.61. The molecule has 2 aromatic heterocycles. The SMILES string of the molecule is CC[C@@H](C)OC(=O)O[C@@H]1C2C[C@H](c3ccc4c(N)ncnn34)O[C@@]21C. The maximum atomic E-state index is 11.8. The second kappa shape index (κ2) is 5.59. The summed E-state index contributed by atoms with van der Waals surface area (Å²) in [6.07, 6.45) is 1.80. The maximum absolute atomic E-state index is 11.8. The van der Waals surface area contributed by atoms with E-state index in [9.17, 15) is 4.79 Å². The van der Waals surface area contributed by atoms with Crippen molar-refractivity contribution in [3.8, 4) is 0 Å². The van der Waals surface area contributed by atoms with Crippen LogP contribution < -0.4 is 5.73 Å². The lowest BCUT2D eigenvalue weighted by Gasteiger charge is -2.19. The van der Waals surface area contributed by atoms with Gasteiger partial charge in [0.25, 0.3) is 0 Å². The predicted molar refractivity (Wildman–Crippen MR) is 88.8 cm³/mol. The molecule has 8 heteroatoms. The Morgan fingerprint density at radius 3 is 3.04 bits per heavy atom. The molecule has 2 aromatic rings. The fraction of sp³-hybridized carbons (Fsp3) is 0.588. The van der Waals surface area contributed by atoms with E-state index < -0.39 is 11.8 Å². The molecule has 1 saturated carbocycles. The van der Waals surface area contributed by atoms with Gasteiger partial charge in [0.15, 0.2) is 5.82 Å². The lowest BCUT2D eigenvalue weighted by molar-refractivity contribution is -0.0486. The summed E-state index contributed by atoms with van der Waals surface area (Å²) in [6, 6.07) is 3.84. The van der Waals surface area contributed by atoms with Gasteiger partial charge < -0.3 is 19.9 Å². The highest BCUT2D eigenvalue weighted by Gasteiger charge is 2.71. The standard InChI is InChI=1S/C17H22N4O4/c1-4-9(2)23-16(22)24-14-10-7-13(25-17(10,14)3)11-5-6-12-15(18)19-8-20-21(11)12/h5-6,8-10,13-14H,4,7H2,1-3H3,(H2,18,19,20)/t9-,10?,13-,14-,17+/m1/s1. The van der Waals surface area contributed by atoms with Gasteiger partial charge in [-0.05, 0) is 38.8 Å². The first kappa shape index (κ1) is 16.1. The maximum Gasteiger partial charge on any atom is 0.508 e. The van der Waals surface area contributed by atoms with Crippen molar-refractivity contribution in [3.05, 3.63) is 24.2 Å². The van der Waals surface area contributed by atoms with Crippen LogP contribution in [0.5, 0.6) is 0 Å². The Labute approximate surface area is 145 Å². The van der Waals surface area contributed by atoms with E-state index in [-0.39, 0.29) is 24.2 Å². The van der Waals surface area contributed by atoms with Gasteiger partial charge in [-0.25, -0.2) is 14.3 Å². The molecule has 1 aliphatic heterocycles. The van der Waals surface area contributed by atoms with Gasteiger partial charge in [0.2, 0.25) is 0 Å². The minimum atomic E-state index is -0.622. The first-order valence-electron chi connectivity index (χ1n) is 8.57. The summed E-state index contributed by atoms with van der Waals surface area (Å²) < 4.78 is 18.6. The fourth-order valence-electron chi connectivity index (χ4n) is 3.61. The van der Waals surface area contributed by atoms with E-state index in [0.29, 0.717) is 5.82 Å². The van der Waals surface area contributed by atoms with E-state index in [1.807, 2.05) is 32.9 Å². The van der Waals surface area contributed by atoms with E-state index >= 15 is 0 Å². The Morgan fingerprint density at radius 1 is 1.56 bits per heavy atom. The second-order valence-electron chi connectivity index (χ2n) is 6.96. The number of nitrogen functional groups attached to an aromatic ring is 1. The van der Waals surface area contributed by atoms with Gasteiger partial charge in [-0.15, -0.1) is 0 Å². The Morgan fingerprint density at radius 2 is 2.36 bits per heavy atom. The van der Waals surface area contributed by atoms with Crippen LogP contribution in [0.1, 0.15) is 45.4 Å². The molecule has 8 nitrogen and oxygen atoms in total. The molecule has 0 bridgehead atoms. The van der Waals surface area contributed by atoms with E-state index in [0.717, 1.165) is 24.1 Å². The number of aromatic nitrogens is 3. The van der Waals surface area contributed by atoms with Crippen LogP contribution in [0, 0.1) is 5.92 Å². The van der Waals surface area contributed by atoms with Crippen LogP contribution in [-0.4, -0.2) is 38.6 Å². The molecule has 1 saturated heterocycles. The van der Waals surface area contributed by atoms with E-state index in [1.165, 1.54) is 6.33 Å². The molecule has 0 amide bonds. The van der Waals surface area contributed by atoms with Crippen molar-refractivity contribution in [3.63, 3.8) is 0 Å². The second-order valence-corrected chi connectivity index (χ2v) is 6.96. The largest absolute Gasteiger partial charge is 0.508 e. The predicted octanol–water partition coefficient (Wildman–Crippen LogP) is 2.48. The molecule has 2 fully saturated rings. The van der Waals surface area contributed by atoms with Gasteiger partial charge >= 0.3 is 6.16 Å². The van der Waals surface area contributed by atoms with Crippen molar-refractivity contribution >= 4 is 17.5 Å². The highest BCUT2D eigenvalue weighted by atomic mass is 16.7. The topological polar surface area (TPSA) is 101 Å². The average Bonchev–Trinajstić information content (AvgIpc) is 2.96. The third-order valence-electron chi connectivity index (χ3n) is 5.36. The third-order valence-corrected chi connectivity index (χ3v) is 5.36. The van der Waals surface area contributed by atoms with Crippen molar-refractivity contribution in [2.24, 2.45) is 5.92 Å². The molecule has 0 radical (unpaired) electrons. The van der Waals surface area contributed by atoms with Gasteiger partial charge in [-0.2, -0.15) is 5.10 Å². The van der Waals surface area contributed by atoms with Crippen molar-refractivity contribution in [2.45, 2.75) is 57.5 Å². The molecule has 2 aliphatic rings. The van der Waals surface area contributed by atoms with Crippen LogP contribution in [0.2, 0.25) is 0 Å². The minimum absolute atomic E-state index is 0.114. The number of fused-ring (bicyclic) bond motifs is 2. The smallest absolute Gasteiger partial charge is 0.431 e. The van der Waals surface area contributed by atoms with E-state index in [1.54, 1.807) is 4.52 Å². The number of hydrogen-bond acceptors (Lipinski definition) is 7. The molecule has 3 heterocycles. The zero-order valence-electron chi connectivity index (χ0n) is 14.5. The van der Waals surface area contributed by atoms with Crippen LogP contribution in [0.15, 0.2) is 18.5 Å². The Balaban J connectivity index is 1.44. The van der Waals surface area contributed by atoms with Crippen LogP contribution in [-0.2, 0) is 14.2 Å². The molecular weight excluding hydrogens is 324 g/mol. The molecule has 25 heavy (non-hydrogen) atoms. The fourth-order valence-corrected chi connectivity index (χ4v) is 3.61. The van der Waals surface area contributed by atoms with Crippen molar-refractivity contribution < 1.29 is 19.0 Å². The van der Waals surface area contributed by atoms with Gasteiger partial charge in [-0.3, -0.25) is 0 Å². The molecule has 4 rings (SSSR count). The number of hydrogen-bond donors (Lipinski definition) is 1. The summed E-state index contributed by atoms with van der Waals surface area (Å²) in [7, 11) is 0. The number of rotatable bonds is 4. The highest BCUT2D eigenvalue weighted by molar-refractivity contribution is 5.65. The van der Waals surface area contributed by atoms with Gasteiger partial charge in [0.1, 0.15) is 35.8 Å². The van der Waals surface area contributed by atoms with Crippen molar-refractivity contribution in [2.75, 3.05) is 5.73 Å². The summed E-state index contributed by atoms with van der Waals surface area (Å²) in [5.41, 5.74) is 7.09. The summed E-state index contributed by atoms with van der Waals surface area (Å²) in [5, 5.41) is 4.26. The summed E-state index contributed by atoms with van der Waals surface area (Å²) in [5.74, 6) is 0.594. The molecule has 5 atom stereocenters. The number of anilines is 1. The number of nitrogens with zero attached hydrogens (tertiary/aromatic N) is 3. The van der Waals surface area contributed by atoms with Gasteiger partial charge in [0.05, 0.1) is 5.69 Å². The quantitative estimate of drug-likeness (QED) is 0.849. The molecular formula is C17H22N4O4. The first-order valence-corrected chi connectivity index (χ1v) is 8.57. The summed E-state index contributed by atoms with van der Waals surface area (Å²) in [4.78, 5) is 15.8. The molecule has 134 valence electrons. The van der Waals surface area contributed by atoms with Crippen LogP contribution in [0.3, 0.4) is 0 Å². The Kier molecular flexibility index (Phi) is 3.61. The summed E-state index contributed by atoms with van der Waals surface area (Å²) in [6.45, 7) is 5.77. The van der Waals surface area contributed by atoms with Crippen LogP contribution in [0.4, 0.5) is 10.6 Å². The average molecular weight is 346 g/mol. The summed E-state index contributed by atoms with van der Waals surface area (Å²) >= 11 is 0. The normalized spacial score (nSPS) is 31.6. The Hall–Kier alpha value is -2.35. The van der Waals surface area contributed by atoms with Crippen LogP contribution >= 0.6 is 0 Å². The molecule has 1 unspecified atom stereocenters. The molecule has 1 aliphatic carbocycles. The number of ether oxygens (including phenoxy) is 3. The molecule has 2 N–H and O–H groups in total. The van der Waals surface area contributed by atoms with Crippen molar-refractivity contribution in [1.29, 1.82) is 0 Å². The molecule has 0 aromatic carbocycles. The van der Waals surface area contributed by atoms with Gasteiger partial charge in [-0.1, -0.05) is 6.92 Å². The molecule has 0 spiro atoms. The monoisotopic (exact) mass is 346 g/mol. The van der Waals surface area contributed by atoms with E-state index in [2.05, 4.69) is 10.1 Å². The zero-order chi connectivity index (χ0) is 17.8. The lowest BCUT2D eigenvalue weighted by Crippen LogP contribution is -2.23. The van der Waals surface area contributed by atoms with E-state index in [4.69, 9.17) is 19.9 Å². The zero-order valence-corrected chi connectivity index (χ0v) is 14.5. The van der Waals surface area contributed by atoms with Crippen LogP contribution in [0.25, 0.3) is 5.52 Å². The van der Waals surface area contributed by atoms with Crippen molar-refractivity contribution in [1.82, 2.24) is 14.6 Å². The first-order chi connectivity index (χ1) is 11.9. The number of nitrogens with two attached hydrogens (primary N) is 1. The lowest BCUT2D eigenvalue weighted by atomic mass is 10.1. The Bertz CT molecular complexity index is 822. The number of carbonyl (C=O) groups is 1. The minimum Gasteiger partial charge on any atom is -0.431 e. The number of carbonyl (C=O) groups excluding carboxylic acids is 1. The third kappa shape index (κ3) is 2.52.